The van der Waals surface area contributed by atoms with E-state index < -0.39 is 14.6 Å². The van der Waals surface area contributed by atoms with Gasteiger partial charge in [0, 0.05) is 25.9 Å². The number of nitrogens with one attached hydrogen (secondary N) is 1. The second-order valence-corrected chi connectivity index (χ2v) is 8.26. The minimum absolute atomic E-state index is 0.527. The first-order valence-corrected chi connectivity index (χ1v) is 8.35. The molecule has 102 valence electrons. The molecule has 17 heavy (non-hydrogen) atoms. The van der Waals surface area contributed by atoms with Crippen LogP contribution in [0.5, 0.6) is 0 Å². The topological polar surface area (TPSA) is 49.4 Å². The molecule has 0 atom stereocenters. The number of sulfone groups is 1. The first-order valence-electron chi connectivity index (χ1n) is 6.46. The molecule has 0 radical (unpaired) electrons. The van der Waals surface area contributed by atoms with E-state index in [2.05, 4.69) is 10.2 Å². The van der Waals surface area contributed by atoms with E-state index in [9.17, 15) is 8.42 Å². The van der Waals surface area contributed by atoms with Crippen LogP contribution in [-0.2, 0) is 9.84 Å². The van der Waals surface area contributed by atoms with Gasteiger partial charge in [-0.1, -0.05) is 6.42 Å². The van der Waals surface area contributed by atoms with Gasteiger partial charge in [-0.25, -0.2) is 8.42 Å². The standard InChI is InChI=1S/C12H26N2O2S/c1-12(2,17(3,15)16)11-13-7-10-14-8-5-4-6-9-14/h13H,4-11H2,1-3H3. The number of rotatable bonds is 6. The highest BCUT2D eigenvalue weighted by Gasteiger charge is 2.29. The molecule has 1 N–H and O–H groups in total. The third-order valence-electron chi connectivity index (χ3n) is 3.61. The highest BCUT2D eigenvalue weighted by Crippen LogP contribution is 2.13. The van der Waals surface area contributed by atoms with Gasteiger partial charge in [0.25, 0.3) is 0 Å². The Labute approximate surface area is 106 Å². The normalized spacial score (nSPS) is 19.5. The molecule has 0 amide bonds. The summed E-state index contributed by atoms with van der Waals surface area (Å²) in [6.07, 6.45) is 5.26. The largest absolute Gasteiger partial charge is 0.314 e. The van der Waals surface area contributed by atoms with Crippen LogP contribution in [0.25, 0.3) is 0 Å². The van der Waals surface area contributed by atoms with Crippen LogP contribution in [0.4, 0.5) is 0 Å². The van der Waals surface area contributed by atoms with E-state index in [-0.39, 0.29) is 0 Å². The lowest BCUT2D eigenvalue weighted by atomic mass is 10.1. The number of hydrogen-bond acceptors (Lipinski definition) is 4. The van der Waals surface area contributed by atoms with Crippen molar-refractivity contribution in [2.24, 2.45) is 0 Å². The molecular weight excluding hydrogens is 236 g/mol. The average molecular weight is 262 g/mol. The zero-order valence-electron chi connectivity index (χ0n) is 11.3. The van der Waals surface area contributed by atoms with Gasteiger partial charge in [-0.05, 0) is 39.8 Å². The fourth-order valence-electron chi connectivity index (χ4n) is 1.94. The Kier molecular flexibility index (Phi) is 5.41. The van der Waals surface area contributed by atoms with Gasteiger partial charge >= 0.3 is 0 Å². The molecule has 0 aromatic heterocycles. The number of hydrogen-bond donors (Lipinski definition) is 1. The van der Waals surface area contributed by atoms with E-state index in [1.807, 2.05) is 0 Å². The molecule has 0 aliphatic carbocycles. The van der Waals surface area contributed by atoms with Gasteiger partial charge in [-0.2, -0.15) is 0 Å². The lowest BCUT2D eigenvalue weighted by Gasteiger charge is -2.28. The van der Waals surface area contributed by atoms with Crippen molar-refractivity contribution >= 4 is 9.84 Å². The van der Waals surface area contributed by atoms with Gasteiger partial charge in [0.2, 0.25) is 0 Å². The van der Waals surface area contributed by atoms with E-state index >= 15 is 0 Å². The van der Waals surface area contributed by atoms with Crippen molar-refractivity contribution in [3.8, 4) is 0 Å². The zero-order valence-corrected chi connectivity index (χ0v) is 12.1. The van der Waals surface area contributed by atoms with Gasteiger partial charge in [0.05, 0.1) is 4.75 Å². The summed E-state index contributed by atoms with van der Waals surface area (Å²) in [7, 11) is -2.98. The van der Waals surface area contributed by atoms with Gasteiger partial charge < -0.3 is 10.2 Å². The lowest BCUT2D eigenvalue weighted by molar-refractivity contribution is 0.228. The molecule has 0 aromatic carbocycles. The van der Waals surface area contributed by atoms with Gasteiger partial charge in [-0.15, -0.1) is 0 Å². The fourth-order valence-corrected chi connectivity index (χ4v) is 2.30. The molecule has 1 aliphatic rings. The molecule has 0 spiro atoms. The Balaban J connectivity index is 2.19. The van der Waals surface area contributed by atoms with Crippen LogP contribution in [-0.4, -0.2) is 57.0 Å². The third-order valence-corrected chi connectivity index (χ3v) is 5.76. The summed E-state index contributed by atoms with van der Waals surface area (Å²) in [5, 5.41) is 3.26. The molecule has 0 unspecified atom stereocenters. The molecule has 1 heterocycles. The van der Waals surface area contributed by atoms with Crippen LogP contribution in [0.1, 0.15) is 33.1 Å². The second kappa shape index (κ2) is 6.16. The lowest BCUT2D eigenvalue weighted by Crippen LogP contribution is -2.44. The van der Waals surface area contributed by atoms with Crippen LogP contribution < -0.4 is 5.32 Å². The van der Waals surface area contributed by atoms with Crippen molar-refractivity contribution in [3.05, 3.63) is 0 Å². The summed E-state index contributed by atoms with van der Waals surface area (Å²) in [5.41, 5.74) is 0. The zero-order chi connectivity index (χ0) is 12.9. The van der Waals surface area contributed by atoms with E-state index in [0.717, 1.165) is 13.1 Å². The Hall–Kier alpha value is -0.130. The molecule has 0 saturated carbocycles. The fraction of sp³-hybridized carbons (Fsp3) is 1.00. The Bertz CT molecular complexity index is 319. The smallest absolute Gasteiger partial charge is 0.153 e. The summed E-state index contributed by atoms with van der Waals surface area (Å²) in [5.74, 6) is 0. The van der Waals surface area contributed by atoms with E-state index in [4.69, 9.17) is 0 Å². The average Bonchev–Trinajstić information content (AvgIpc) is 2.24. The molecule has 1 aliphatic heterocycles. The van der Waals surface area contributed by atoms with Crippen molar-refractivity contribution in [1.82, 2.24) is 10.2 Å². The molecule has 0 bridgehead atoms. The third kappa shape index (κ3) is 4.94. The summed E-state index contributed by atoms with van der Waals surface area (Å²) in [6.45, 7) is 8.36. The Morgan fingerprint density at radius 3 is 2.29 bits per heavy atom. The van der Waals surface area contributed by atoms with Crippen molar-refractivity contribution in [1.29, 1.82) is 0 Å². The molecule has 0 aromatic rings. The number of piperidine rings is 1. The van der Waals surface area contributed by atoms with Crippen LogP contribution in [0.3, 0.4) is 0 Å². The molecule has 5 heteroatoms. The van der Waals surface area contributed by atoms with Crippen LogP contribution in [0.2, 0.25) is 0 Å². The Morgan fingerprint density at radius 2 is 1.76 bits per heavy atom. The maximum absolute atomic E-state index is 11.5. The molecule has 1 saturated heterocycles. The van der Waals surface area contributed by atoms with Gasteiger partial charge in [-0.3, -0.25) is 0 Å². The van der Waals surface area contributed by atoms with Gasteiger partial charge in [0.15, 0.2) is 9.84 Å². The van der Waals surface area contributed by atoms with Crippen molar-refractivity contribution in [3.63, 3.8) is 0 Å². The summed E-state index contributed by atoms with van der Waals surface area (Å²) >= 11 is 0. The predicted molar refractivity (Wildman–Crippen MR) is 72.1 cm³/mol. The first-order chi connectivity index (χ1) is 7.83. The molecule has 4 nitrogen and oxygen atoms in total. The van der Waals surface area contributed by atoms with Crippen LogP contribution >= 0.6 is 0 Å². The quantitative estimate of drug-likeness (QED) is 0.722. The Morgan fingerprint density at radius 1 is 1.18 bits per heavy atom. The van der Waals surface area contributed by atoms with Crippen LogP contribution in [0, 0.1) is 0 Å². The molecular formula is C12H26N2O2S. The highest BCUT2D eigenvalue weighted by atomic mass is 32.2. The predicted octanol–water partition coefficient (Wildman–Crippen LogP) is 0.885. The van der Waals surface area contributed by atoms with Crippen molar-refractivity contribution in [2.45, 2.75) is 37.9 Å². The van der Waals surface area contributed by atoms with Crippen molar-refractivity contribution in [2.75, 3.05) is 39.0 Å². The monoisotopic (exact) mass is 262 g/mol. The minimum atomic E-state index is -2.98. The molecule has 1 fully saturated rings. The maximum atomic E-state index is 11.5. The van der Waals surface area contributed by atoms with Crippen LogP contribution in [0.15, 0.2) is 0 Å². The second-order valence-electron chi connectivity index (χ2n) is 5.61. The van der Waals surface area contributed by atoms with Gasteiger partial charge in [0.1, 0.15) is 0 Å². The van der Waals surface area contributed by atoms with E-state index in [0.29, 0.717) is 6.54 Å². The van der Waals surface area contributed by atoms with E-state index in [1.54, 1.807) is 13.8 Å². The molecule has 1 rings (SSSR count). The maximum Gasteiger partial charge on any atom is 0.153 e. The SMILES string of the molecule is CC(C)(CNCCN1CCCCC1)S(C)(=O)=O. The van der Waals surface area contributed by atoms with E-state index in [1.165, 1.54) is 38.6 Å². The summed E-state index contributed by atoms with van der Waals surface area (Å²) in [6, 6.07) is 0. The van der Waals surface area contributed by atoms with Crippen molar-refractivity contribution < 1.29 is 8.42 Å². The first kappa shape index (κ1) is 14.9. The summed E-state index contributed by atoms with van der Waals surface area (Å²) in [4.78, 5) is 2.45. The number of nitrogens with zero attached hydrogens (tertiary/aromatic N) is 1. The minimum Gasteiger partial charge on any atom is -0.314 e. The number of likely N-dealkylation sites (tertiary alicyclic amines) is 1. The summed E-state index contributed by atoms with van der Waals surface area (Å²) < 4.78 is 22.3. The highest BCUT2D eigenvalue weighted by molar-refractivity contribution is 7.92.